The Kier molecular flexibility index (Phi) is 6.62. The van der Waals surface area contributed by atoms with Crippen molar-refractivity contribution in [1.29, 1.82) is 0 Å². The van der Waals surface area contributed by atoms with E-state index in [0.29, 0.717) is 5.75 Å². The number of hydrogen-bond donors (Lipinski definition) is 1. The fourth-order valence-electron chi connectivity index (χ4n) is 3.37. The number of benzene rings is 2. The molecule has 0 saturated heterocycles. The molecule has 1 aliphatic heterocycles. The lowest BCUT2D eigenvalue weighted by Crippen LogP contribution is -2.33. The average molecular weight is 447 g/mol. The number of hydrogen-bond acceptors (Lipinski definition) is 5. The molecule has 0 atom stereocenters. The van der Waals surface area contributed by atoms with Gasteiger partial charge in [-0.15, -0.1) is 0 Å². The van der Waals surface area contributed by atoms with Crippen molar-refractivity contribution in [2.24, 2.45) is 0 Å². The zero-order valence-electron chi connectivity index (χ0n) is 18.6. The summed E-state index contributed by atoms with van der Waals surface area (Å²) in [6, 6.07) is 11.7. The molecule has 168 valence electrons. The molecule has 0 radical (unpaired) electrons. The van der Waals surface area contributed by atoms with Gasteiger partial charge in [-0.05, 0) is 52.0 Å². The van der Waals surface area contributed by atoms with Crippen LogP contribution in [0, 0.1) is 0 Å². The Hall–Kier alpha value is -2.58. The second-order valence-electron chi connectivity index (χ2n) is 8.53. The predicted octanol–water partition coefficient (Wildman–Crippen LogP) is 3.24. The van der Waals surface area contributed by atoms with Gasteiger partial charge in [0.15, 0.2) is 11.5 Å². The maximum atomic E-state index is 12.7. The molecule has 2 aromatic carbocycles. The van der Waals surface area contributed by atoms with Gasteiger partial charge < -0.3 is 14.8 Å². The molecule has 0 fully saturated rings. The van der Waals surface area contributed by atoms with Crippen LogP contribution in [0.15, 0.2) is 47.4 Å². The topological polar surface area (TPSA) is 84.9 Å². The minimum atomic E-state index is -3.66. The van der Waals surface area contributed by atoms with Crippen LogP contribution >= 0.6 is 0 Å². The summed E-state index contributed by atoms with van der Waals surface area (Å²) in [6.45, 7) is 8.19. The summed E-state index contributed by atoms with van der Waals surface area (Å²) in [5, 5.41) is 2.77. The lowest BCUT2D eigenvalue weighted by atomic mass is 10.0. The average Bonchev–Trinajstić information content (AvgIpc) is 3.04. The number of fused-ring (bicyclic) bond motifs is 1. The van der Waals surface area contributed by atoms with Crippen molar-refractivity contribution >= 4 is 15.9 Å². The monoisotopic (exact) mass is 446 g/mol. The van der Waals surface area contributed by atoms with Gasteiger partial charge in [0.1, 0.15) is 12.2 Å². The minimum Gasteiger partial charge on any atom is -0.488 e. The molecule has 3 rings (SSSR count). The first-order valence-electron chi connectivity index (χ1n) is 10.3. The Bertz CT molecular complexity index is 1060. The smallest absolute Gasteiger partial charge is 0.251 e. The van der Waals surface area contributed by atoms with Crippen LogP contribution < -0.4 is 14.8 Å². The summed E-state index contributed by atoms with van der Waals surface area (Å²) in [7, 11) is -2.13. The van der Waals surface area contributed by atoms with Gasteiger partial charge in [-0.2, -0.15) is 4.31 Å². The fraction of sp³-hybridized carbons (Fsp3) is 0.435. The summed E-state index contributed by atoms with van der Waals surface area (Å²) in [5.41, 5.74) is 1.13. The third-order valence-electron chi connectivity index (χ3n) is 5.20. The highest BCUT2D eigenvalue weighted by Crippen LogP contribution is 2.41. The molecule has 0 unspecified atom stereocenters. The molecule has 31 heavy (non-hydrogen) atoms. The molecule has 1 aliphatic rings. The molecule has 0 bridgehead atoms. The standard InChI is InChI=1S/C23H30N2O5S/c1-16(2)25(5)31(27,28)19-10-6-8-17(14-19)22(26)24-12-13-29-20-11-7-9-18-15-23(3,4)30-21(18)20/h6-11,14,16H,12-13,15H2,1-5H3,(H,24,26). The van der Waals surface area contributed by atoms with Crippen molar-refractivity contribution in [2.75, 3.05) is 20.2 Å². The quantitative estimate of drug-likeness (QED) is 0.630. The predicted molar refractivity (Wildman–Crippen MR) is 119 cm³/mol. The van der Waals surface area contributed by atoms with E-state index in [4.69, 9.17) is 9.47 Å². The van der Waals surface area contributed by atoms with Crippen molar-refractivity contribution < 1.29 is 22.7 Å². The second kappa shape index (κ2) is 8.88. The van der Waals surface area contributed by atoms with Gasteiger partial charge in [0, 0.05) is 30.6 Å². The molecule has 0 aliphatic carbocycles. The third kappa shape index (κ3) is 5.19. The molecular weight excluding hydrogens is 416 g/mol. The van der Waals surface area contributed by atoms with Crippen molar-refractivity contribution in [2.45, 2.75) is 50.7 Å². The molecular formula is C23H30N2O5S. The van der Waals surface area contributed by atoms with Crippen LogP contribution in [0.3, 0.4) is 0 Å². The first-order valence-corrected chi connectivity index (χ1v) is 11.8. The van der Waals surface area contributed by atoms with Gasteiger partial charge in [0.25, 0.3) is 5.91 Å². The van der Waals surface area contributed by atoms with Crippen molar-refractivity contribution in [1.82, 2.24) is 9.62 Å². The van der Waals surface area contributed by atoms with E-state index in [2.05, 4.69) is 5.32 Å². The van der Waals surface area contributed by atoms with E-state index in [1.165, 1.54) is 23.5 Å². The summed E-state index contributed by atoms with van der Waals surface area (Å²) >= 11 is 0. The molecule has 7 nitrogen and oxygen atoms in total. The number of carbonyl (C=O) groups is 1. The van der Waals surface area contributed by atoms with Crippen LogP contribution in [-0.4, -0.2) is 50.5 Å². The Morgan fingerprint density at radius 2 is 1.94 bits per heavy atom. The van der Waals surface area contributed by atoms with Gasteiger partial charge in [-0.3, -0.25) is 4.79 Å². The van der Waals surface area contributed by atoms with Crippen LogP contribution in [0.25, 0.3) is 0 Å². The normalized spacial score (nSPS) is 14.9. The Balaban J connectivity index is 1.59. The number of carbonyl (C=O) groups excluding carboxylic acids is 1. The van der Waals surface area contributed by atoms with Crippen LogP contribution in [0.5, 0.6) is 11.5 Å². The summed E-state index contributed by atoms with van der Waals surface area (Å²) in [6.07, 6.45) is 0.821. The van der Waals surface area contributed by atoms with E-state index in [1.54, 1.807) is 26.0 Å². The van der Waals surface area contributed by atoms with E-state index in [-0.39, 0.29) is 41.2 Å². The summed E-state index contributed by atoms with van der Waals surface area (Å²) in [5.74, 6) is 1.05. The Labute approximate surface area is 184 Å². The van der Waals surface area contributed by atoms with E-state index in [0.717, 1.165) is 17.7 Å². The van der Waals surface area contributed by atoms with Gasteiger partial charge in [-0.1, -0.05) is 18.2 Å². The number of nitrogens with zero attached hydrogens (tertiary/aromatic N) is 1. The van der Waals surface area contributed by atoms with Crippen LogP contribution in [0.4, 0.5) is 0 Å². The molecule has 0 aromatic heterocycles. The zero-order valence-corrected chi connectivity index (χ0v) is 19.5. The number of ether oxygens (including phenoxy) is 2. The molecule has 2 aromatic rings. The van der Waals surface area contributed by atoms with Crippen molar-refractivity contribution in [3.8, 4) is 11.5 Å². The van der Waals surface area contributed by atoms with Gasteiger partial charge in [0.2, 0.25) is 10.0 Å². The van der Waals surface area contributed by atoms with Crippen LogP contribution in [0.2, 0.25) is 0 Å². The maximum Gasteiger partial charge on any atom is 0.251 e. The highest BCUT2D eigenvalue weighted by Gasteiger charge is 2.32. The number of rotatable bonds is 8. The van der Waals surface area contributed by atoms with E-state index in [1.807, 2.05) is 32.0 Å². The molecule has 1 N–H and O–H groups in total. The van der Waals surface area contributed by atoms with Gasteiger partial charge in [0.05, 0.1) is 11.4 Å². The molecule has 8 heteroatoms. The third-order valence-corrected chi connectivity index (χ3v) is 7.23. The molecule has 0 spiro atoms. The molecule has 0 saturated carbocycles. The fourth-order valence-corrected chi connectivity index (χ4v) is 4.78. The van der Waals surface area contributed by atoms with Crippen molar-refractivity contribution in [3.05, 3.63) is 53.6 Å². The zero-order chi connectivity index (χ0) is 22.8. The van der Waals surface area contributed by atoms with E-state index >= 15 is 0 Å². The van der Waals surface area contributed by atoms with Gasteiger partial charge in [-0.25, -0.2) is 8.42 Å². The largest absolute Gasteiger partial charge is 0.488 e. The first-order chi connectivity index (χ1) is 14.5. The Morgan fingerprint density at radius 3 is 2.65 bits per heavy atom. The van der Waals surface area contributed by atoms with E-state index < -0.39 is 10.0 Å². The van der Waals surface area contributed by atoms with Crippen LogP contribution in [-0.2, 0) is 16.4 Å². The van der Waals surface area contributed by atoms with Crippen molar-refractivity contribution in [3.63, 3.8) is 0 Å². The van der Waals surface area contributed by atoms with Gasteiger partial charge >= 0.3 is 0 Å². The highest BCUT2D eigenvalue weighted by atomic mass is 32.2. The summed E-state index contributed by atoms with van der Waals surface area (Å²) in [4.78, 5) is 12.6. The SMILES string of the molecule is CC(C)N(C)S(=O)(=O)c1cccc(C(=O)NCCOc2cccc3c2OC(C)(C)C3)c1. The number of amides is 1. The molecule has 1 heterocycles. The highest BCUT2D eigenvalue weighted by molar-refractivity contribution is 7.89. The first kappa shape index (κ1) is 23.1. The Morgan fingerprint density at radius 1 is 1.23 bits per heavy atom. The lowest BCUT2D eigenvalue weighted by molar-refractivity contribution is 0.0946. The van der Waals surface area contributed by atoms with Crippen LogP contribution in [0.1, 0.15) is 43.6 Å². The number of sulfonamides is 1. The lowest BCUT2D eigenvalue weighted by Gasteiger charge is -2.21. The minimum absolute atomic E-state index is 0.0900. The van der Waals surface area contributed by atoms with E-state index in [9.17, 15) is 13.2 Å². The molecule has 1 amide bonds. The number of nitrogens with one attached hydrogen (secondary N) is 1. The number of para-hydroxylation sites is 1. The maximum absolute atomic E-state index is 12.7. The summed E-state index contributed by atoms with van der Waals surface area (Å²) < 4.78 is 38.4. The second-order valence-corrected chi connectivity index (χ2v) is 10.5.